The Morgan fingerprint density at radius 2 is 1.96 bits per heavy atom. The molecule has 0 saturated carbocycles. The fourth-order valence-electron chi connectivity index (χ4n) is 3.02. The highest BCUT2D eigenvalue weighted by Crippen LogP contribution is 2.33. The van der Waals surface area contributed by atoms with Crippen molar-refractivity contribution in [1.29, 1.82) is 0 Å². The molecule has 1 aliphatic heterocycles. The summed E-state index contributed by atoms with van der Waals surface area (Å²) in [6, 6.07) is 10.4. The molecule has 2 N–H and O–H groups in total. The molecule has 2 amide bonds. The minimum atomic E-state index is -1.16. The fraction of sp³-hybridized carbons (Fsp3) is 0.222. The van der Waals surface area contributed by atoms with Crippen LogP contribution < -0.4 is 10.6 Å². The van der Waals surface area contributed by atoms with Gasteiger partial charge in [-0.15, -0.1) is 0 Å². The van der Waals surface area contributed by atoms with Crippen LogP contribution in [0.1, 0.15) is 17.9 Å². The second-order valence-corrected chi connectivity index (χ2v) is 6.25. The Bertz CT molecular complexity index is 828. The summed E-state index contributed by atoms with van der Waals surface area (Å²) in [5.74, 6) is -4.83. The van der Waals surface area contributed by atoms with Crippen LogP contribution in [0.3, 0.4) is 0 Å². The van der Waals surface area contributed by atoms with Gasteiger partial charge in [0.25, 0.3) is 0 Å². The van der Waals surface area contributed by atoms with Crippen molar-refractivity contribution in [3.05, 3.63) is 64.7 Å². The molecule has 2 unspecified atom stereocenters. The number of hydrogen-bond acceptors (Lipinski definition) is 2. The molecule has 0 spiro atoms. The van der Waals surface area contributed by atoms with Crippen molar-refractivity contribution < 1.29 is 18.4 Å². The lowest BCUT2D eigenvalue weighted by Crippen LogP contribution is -2.46. The molecule has 25 heavy (non-hydrogen) atoms. The highest BCUT2D eigenvalue weighted by molar-refractivity contribution is 6.30. The smallest absolute Gasteiger partial charge is 0.237 e. The first-order chi connectivity index (χ1) is 12.0. The monoisotopic (exact) mass is 364 g/mol. The van der Waals surface area contributed by atoms with Gasteiger partial charge in [0.05, 0.1) is 5.69 Å². The first kappa shape index (κ1) is 17.4. The number of anilines is 1. The minimum absolute atomic E-state index is 0.298. The summed E-state index contributed by atoms with van der Waals surface area (Å²) >= 11 is 6.00. The number of benzene rings is 2. The van der Waals surface area contributed by atoms with Gasteiger partial charge in [0.15, 0.2) is 11.6 Å². The molecule has 0 aromatic heterocycles. The summed E-state index contributed by atoms with van der Waals surface area (Å²) in [6.45, 7) is 0.425. The maximum Gasteiger partial charge on any atom is 0.237 e. The molecule has 0 aliphatic carbocycles. The average Bonchev–Trinajstić information content (AvgIpc) is 2.58. The summed E-state index contributed by atoms with van der Waals surface area (Å²) in [4.78, 5) is 24.9. The molecule has 0 radical (unpaired) electrons. The van der Waals surface area contributed by atoms with Crippen LogP contribution in [0.25, 0.3) is 0 Å². The number of carbonyl (C=O) groups is 2. The molecular formula is C18H15ClF2N2O2. The first-order valence-corrected chi connectivity index (χ1v) is 8.13. The standard InChI is InChI=1S/C18H15ClF2N2O2/c19-11-4-1-3-10(9-11)12-7-8-22-17(24)15(12)18(25)23-14-6-2-5-13(20)16(14)21/h1-6,9,12,15H,7-8H2,(H,22,24)(H,23,25). The maximum absolute atomic E-state index is 13.8. The molecule has 7 heteroatoms. The number of nitrogens with one attached hydrogen (secondary N) is 2. The Morgan fingerprint density at radius 1 is 1.20 bits per heavy atom. The van der Waals surface area contributed by atoms with Gasteiger partial charge in [-0.1, -0.05) is 29.8 Å². The van der Waals surface area contributed by atoms with Crippen LogP contribution >= 0.6 is 11.6 Å². The molecule has 4 nitrogen and oxygen atoms in total. The number of carbonyl (C=O) groups excluding carboxylic acids is 2. The lowest BCUT2D eigenvalue weighted by atomic mass is 9.80. The topological polar surface area (TPSA) is 58.2 Å². The van der Waals surface area contributed by atoms with E-state index in [2.05, 4.69) is 10.6 Å². The normalized spacial score (nSPS) is 20.0. The molecule has 1 saturated heterocycles. The summed E-state index contributed by atoms with van der Waals surface area (Å²) in [7, 11) is 0. The zero-order valence-electron chi connectivity index (χ0n) is 13.1. The molecule has 2 aromatic carbocycles. The number of hydrogen-bond donors (Lipinski definition) is 2. The zero-order valence-corrected chi connectivity index (χ0v) is 13.8. The fourth-order valence-corrected chi connectivity index (χ4v) is 3.22. The van der Waals surface area contributed by atoms with Crippen LogP contribution in [0.4, 0.5) is 14.5 Å². The predicted octanol–water partition coefficient (Wildman–Crippen LogP) is 3.48. The van der Waals surface area contributed by atoms with E-state index in [4.69, 9.17) is 11.6 Å². The number of rotatable bonds is 3. The zero-order chi connectivity index (χ0) is 18.0. The summed E-state index contributed by atoms with van der Waals surface area (Å²) in [6.07, 6.45) is 0.538. The van der Waals surface area contributed by atoms with Gasteiger partial charge in [-0.25, -0.2) is 8.78 Å². The van der Waals surface area contributed by atoms with Crippen molar-refractivity contribution in [1.82, 2.24) is 5.32 Å². The Labute approximate surface area is 148 Å². The van der Waals surface area contributed by atoms with E-state index in [-0.39, 0.29) is 5.69 Å². The Morgan fingerprint density at radius 3 is 2.72 bits per heavy atom. The Kier molecular flexibility index (Phi) is 4.99. The van der Waals surface area contributed by atoms with E-state index in [0.717, 1.165) is 11.6 Å². The molecule has 3 rings (SSSR count). The van der Waals surface area contributed by atoms with Crippen LogP contribution in [0, 0.1) is 17.6 Å². The van der Waals surface area contributed by atoms with Crippen LogP contribution in [0.5, 0.6) is 0 Å². The molecule has 1 aliphatic rings. The third-order valence-corrected chi connectivity index (χ3v) is 4.44. The lowest BCUT2D eigenvalue weighted by Gasteiger charge is -2.30. The maximum atomic E-state index is 13.8. The van der Waals surface area contributed by atoms with Gasteiger partial charge in [-0.3, -0.25) is 9.59 Å². The molecule has 0 bridgehead atoms. The van der Waals surface area contributed by atoms with Gasteiger partial charge in [-0.05, 0) is 36.2 Å². The second-order valence-electron chi connectivity index (χ2n) is 5.81. The van der Waals surface area contributed by atoms with E-state index < -0.39 is 35.3 Å². The van der Waals surface area contributed by atoms with Crippen molar-refractivity contribution in [2.45, 2.75) is 12.3 Å². The van der Waals surface area contributed by atoms with E-state index in [1.54, 1.807) is 24.3 Å². The van der Waals surface area contributed by atoms with Crippen molar-refractivity contribution in [3.63, 3.8) is 0 Å². The number of halogens is 3. The average molecular weight is 365 g/mol. The number of piperidine rings is 1. The summed E-state index contributed by atoms with van der Waals surface area (Å²) in [5.41, 5.74) is 0.454. The largest absolute Gasteiger partial charge is 0.355 e. The van der Waals surface area contributed by atoms with Gasteiger partial charge in [0.1, 0.15) is 5.92 Å². The minimum Gasteiger partial charge on any atom is -0.355 e. The lowest BCUT2D eigenvalue weighted by molar-refractivity contribution is -0.135. The van der Waals surface area contributed by atoms with Crippen LogP contribution in [-0.2, 0) is 9.59 Å². The first-order valence-electron chi connectivity index (χ1n) is 7.75. The van der Waals surface area contributed by atoms with E-state index in [9.17, 15) is 18.4 Å². The SMILES string of the molecule is O=C1NCCC(c2cccc(Cl)c2)C1C(=O)Nc1cccc(F)c1F. The predicted molar refractivity (Wildman–Crippen MR) is 90.3 cm³/mol. The van der Waals surface area contributed by atoms with Crippen molar-refractivity contribution in [2.75, 3.05) is 11.9 Å². The third kappa shape index (κ3) is 3.64. The van der Waals surface area contributed by atoms with E-state index in [1.807, 2.05) is 0 Å². The van der Waals surface area contributed by atoms with Crippen molar-refractivity contribution >= 4 is 29.1 Å². The van der Waals surface area contributed by atoms with Crippen LogP contribution in [0.2, 0.25) is 5.02 Å². The highest BCUT2D eigenvalue weighted by Gasteiger charge is 2.38. The molecule has 130 valence electrons. The molecule has 1 fully saturated rings. The second kappa shape index (κ2) is 7.19. The Hall–Kier alpha value is -2.47. The van der Waals surface area contributed by atoms with Crippen molar-refractivity contribution in [3.8, 4) is 0 Å². The van der Waals surface area contributed by atoms with E-state index >= 15 is 0 Å². The summed E-state index contributed by atoms with van der Waals surface area (Å²) in [5, 5.41) is 5.46. The van der Waals surface area contributed by atoms with Crippen LogP contribution in [0.15, 0.2) is 42.5 Å². The van der Waals surface area contributed by atoms with E-state index in [1.165, 1.54) is 12.1 Å². The molecule has 2 atom stereocenters. The van der Waals surface area contributed by atoms with Crippen LogP contribution in [-0.4, -0.2) is 18.4 Å². The highest BCUT2D eigenvalue weighted by atomic mass is 35.5. The van der Waals surface area contributed by atoms with Gasteiger partial charge in [0, 0.05) is 17.5 Å². The van der Waals surface area contributed by atoms with E-state index in [0.29, 0.717) is 18.0 Å². The Balaban J connectivity index is 1.89. The van der Waals surface area contributed by atoms with Gasteiger partial charge < -0.3 is 10.6 Å². The third-order valence-electron chi connectivity index (χ3n) is 4.21. The summed E-state index contributed by atoms with van der Waals surface area (Å²) < 4.78 is 27.1. The van der Waals surface area contributed by atoms with Crippen molar-refractivity contribution in [2.24, 2.45) is 5.92 Å². The quantitative estimate of drug-likeness (QED) is 0.819. The molecule has 1 heterocycles. The van der Waals surface area contributed by atoms with Gasteiger partial charge in [-0.2, -0.15) is 0 Å². The van der Waals surface area contributed by atoms with Gasteiger partial charge in [0.2, 0.25) is 11.8 Å². The molecule has 2 aromatic rings. The van der Waals surface area contributed by atoms with Gasteiger partial charge >= 0.3 is 0 Å². The number of amides is 2. The molecular weight excluding hydrogens is 350 g/mol.